The van der Waals surface area contributed by atoms with E-state index in [0.29, 0.717) is 0 Å². The first-order chi connectivity index (χ1) is 10.2. The van der Waals surface area contributed by atoms with Crippen LogP contribution in [0.25, 0.3) is 5.57 Å². The van der Waals surface area contributed by atoms with Gasteiger partial charge in [-0.05, 0) is 64.3 Å². The summed E-state index contributed by atoms with van der Waals surface area (Å²) in [6.07, 6.45) is 2.99. The normalized spacial score (nSPS) is 22.0. The van der Waals surface area contributed by atoms with E-state index in [4.69, 9.17) is 9.47 Å². The van der Waals surface area contributed by atoms with Crippen molar-refractivity contribution in [3.8, 4) is 0 Å². The molecule has 0 aliphatic carbocycles. The lowest BCUT2D eigenvalue weighted by molar-refractivity contribution is 0.0304. The lowest BCUT2D eigenvalue weighted by Gasteiger charge is -2.25. The Morgan fingerprint density at radius 3 is 2.41 bits per heavy atom. The minimum Gasteiger partial charge on any atom is -0.444 e. The average molecular weight is 303 g/mol. The van der Waals surface area contributed by atoms with Gasteiger partial charge in [-0.2, -0.15) is 0 Å². The van der Waals surface area contributed by atoms with E-state index in [-0.39, 0.29) is 12.2 Å². The van der Waals surface area contributed by atoms with E-state index >= 15 is 0 Å². The Morgan fingerprint density at radius 2 is 1.86 bits per heavy atom. The van der Waals surface area contributed by atoms with Crippen LogP contribution in [0, 0.1) is 0 Å². The van der Waals surface area contributed by atoms with Gasteiger partial charge >= 0.3 is 6.09 Å². The molecule has 0 radical (unpaired) electrons. The van der Waals surface area contributed by atoms with Gasteiger partial charge in [0.2, 0.25) is 0 Å². The lowest BCUT2D eigenvalue weighted by Crippen LogP contribution is -2.27. The molecule has 0 saturated heterocycles. The Balaban J connectivity index is 2.03. The highest BCUT2D eigenvalue weighted by Gasteiger charge is 2.18. The van der Waals surface area contributed by atoms with E-state index in [1.165, 1.54) is 5.57 Å². The Hall–Kier alpha value is -1.81. The summed E-state index contributed by atoms with van der Waals surface area (Å²) >= 11 is 0. The van der Waals surface area contributed by atoms with E-state index in [1.807, 2.05) is 52.0 Å². The fraction of sp³-hybridized carbons (Fsp3) is 0.500. The minimum atomic E-state index is -0.497. The second-order valence-electron chi connectivity index (χ2n) is 6.75. The number of amides is 1. The first kappa shape index (κ1) is 16.6. The topological polar surface area (TPSA) is 47.6 Å². The predicted molar refractivity (Wildman–Crippen MR) is 88.9 cm³/mol. The lowest BCUT2D eigenvalue weighted by atomic mass is 9.96. The molecule has 4 nitrogen and oxygen atoms in total. The van der Waals surface area contributed by atoms with Crippen LogP contribution in [0.1, 0.15) is 46.6 Å². The summed E-state index contributed by atoms with van der Waals surface area (Å²) in [7, 11) is 0. The van der Waals surface area contributed by atoms with Gasteiger partial charge in [0.15, 0.2) is 0 Å². The Kier molecular flexibility index (Phi) is 4.91. The van der Waals surface area contributed by atoms with Crippen molar-refractivity contribution < 1.29 is 14.3 Å². The van der Waals surface area contributed by atoms with Gasteiger partial charge in [-0.15, -0.1) is 0 Å². The van der Waals surface area contributed by atoms with Gasteiger partial charge in [0, 0.05) is 5.69 Å². The van der Waals surface area contributed by atoms with Crippen LogP contribution in [-0.2, 0) is 9.47 Å². The molecule has 1 aliphatic heterocycles. The number of hydrogen-bond donors (Lipinski definition) is 1. The number of nitrogens with one attached hydrogen (secondary N) is 1. The molecule has 2 rings (SSSR count). The van der Waals surface area contributed by atoms with Crippen LogP contribution in [0.3, 0.4) is 0 Å². The van der Waals surface area contributed by atoms with Crippen molar-refractivity contribution in [2.45, 2.75) is 58.8 Å². The van der Waals surface area contributed by atoms with Crippen LogP contribution in [0.4, 0.5) is 10.5 Å². The maximum atomic E-state index is 11.7. The molecule has 0 saturated carbocycles. The molecule has 0 bridgehead atoms. The molecule has 22 heavy (non-hydrogen) atoms. The zero-order chi connectivity index (χ0) is 16.3. The molecule has 1 aliphatic rings. The van der Waals surface area contributed by atoms with Crippen molar-refractivity contribution in [1.82, 2.24) is 0 Å². The number of anilines is 1. The monoisotopic (exact) mass is 303 g/mol. The fourth-order valence-electron chi connectivity index (χ4n) is 2.52. The standard InChI is InChI=1S/C18H25NO3/c1-12-10-15(11-13(2)21-12)14-6-8-16(9-7-14)19-17(20)22-18(3,4)5/h6-10,12-13H,11H2,1-5H3,(H,19,20). The molecule has 1 aromatic rings. The van der Waals surface area contributed by atoms with Gasteiger partial charge in [-0.3, -0.25) is 5.32 Å². The SMILES string of the molecule is CC1C=C(c2ccc(NC(=O)OC(C)(C)C)cc2)CC(C)O1. The highest BCUT2D eigenvalue weighted by Crippen LogP contribution is 2.28. The van der Waals surface area contributed by atoms with Gasteiger partial charge in [-0.1, -0.05) is 18.2 Å². The summed E-state index contributed by atoms with van der Waals surface area (Å²) in [6.45, 7) is 9.66. The van der Waals surface area contributed by atoms with E-state index in [0.717, 1.165) is 17.7 Å². The zero-order valence-corrected chi connectivity index (χ0v) is 14.0. The molecule has 0 spiro atoms. The first-order valence-corrected chi connectivity index (χ1v) is 7.69. The van der Waals surface area contributed by atoms with Crippen LogP contribution >= 0.6 is 0 Å². The fourth-order valence-corrected chi connectivity index (χ4v) is 2.52. The molecule has 1 heterocycles. The first-order valence-electron chi connectivity index (χ1n) is 7.69. The van der Waals surface area contributed by atoms with Gasteiger partial charge in [0.25, 0.3) is 0 Å². The van der Waals surface area contributed by atoms with E-state index in [2.05, 4.69) is 18.3 Å². The van der Waals surface area contributed by atoms with Gasteiger partial charge in [0.05, 0.1) is 12.2 Å². The molecular weight excluding hydrogens is 278 g/mol. The number of ether oxygens (including phenoxy) is 2. The summed E-state index contributed by atoms with van der Waals surface area (Å²) in [6, 6.07) is 7.82. The van der Waals surface area contributed by atoms with Crippen molar-refractivity contribution in [1.29, 1.82) is 0 Å². The number of carbonyl (C=O) groups is 1. The van der Waals surface area contributed by atoms with Crippen LogP contribution in [0.15, 0.2) is 30.3 Å². The highest BCUT2D eigenvalue weighted by molar-refractivity contribution is 5.85. The molecule has 4 heteroatoms. The molecule has 1 N–H and O–H groups in total. The molecule has 2 unspecified atom stereocenters. The summed E-state index contributed by atoms with van der Waals surface area (Å²) < 4.78 is 10.9. The third-order valence-corrected chi connectivity index (χ3v) is 3.29. The Labute approximate surface area is 132 Å². The van der Waals surface area contributed by atoms with E-state index in [1.54, 1.807) is 0 Å². The van der Waals surface area contributed by atoms with Gasteiger partial charge in [-0.25, -0.2) is 4.79 Å². The summed E-state index contributed by atoms with van der Waals surface area (Å²) in [5.41, 5.74) is 2.68. The summed E-state index contributed by atoms with van der Waals surface area (Å²) in [4.78, 5) is 11.7. The van der Waals surface area contributed by atoms with Crippen LogP contribution < -0.4 is 5.32 Å². The molecule has 0 fully saturated rings. The van der Waals surface area contributed by atoms with Gasteiger partial charge < -0.3 is 9.47 Å². The number of rotatable bonds is 2. The number of hydrogen-bond acceptors (Lipinski definition) is 3. The van der Waals surface area contributed by atoms with E-state index in [9.17, 15) is 4.79 Å². The average Bonchev–Trinajstić information content (AvgIpc) is 2.36. The largest absolute Gasteiger partial charge is 0.444 e. The molecule has 1 amide bonds. The zero-order valence-electron chi connectivity index (χ0n) is 14.0. The Morgan fingerprint density at radius 1 is 1.23 bits per heavy atom. The molecular formula is C18H25NO3. The number of carbonyl (C=O) groups excluding carboxylic acids is 1. The smallest absolute Gasteiger partial charge is 0.412 e. The third kappa shape index (κ3) is 4.88. The minimum absolute atomic E-state index is 0.137. The Bertz CT molecular complexity index is 555. The van der Waals surface area contributed by atoms with Crippen molar-refractivity contribution in [2.24, 2.45) is 0 Å². The van der Waals surface area contributed by atoms with Crippen LogP contribution in [-0.4, -0.2) is 23.9 Å². The van der Waals surface area contributed by atoms with Crippen LogP contribution in [0.2, 0.25) is 0 Å². The summed E-state index contributed by atoms with van der Waals surface area (Å²) in [5, 5.41) is 2.74. The summed E-state index contributed by atoms with van der Waals surface area (Å²) in [5.74, 6) is 0. The molecule has 120 valence electrons. The van der Waals surface area contributed by atoms with Crippen molar-refractivity contribution >= 4 is 17.4 Å². The predicted octanol–water partition coefficient (Wildman–Crippen LogP) is 4.61. The van der Waals surface area contributed by atoms with Crippen molar-refractivity contribution in [3.63, 3.8) is 0 Å². The maximum Gasteiger partial charge on any atom is 0.412 e. The van der Waals surface area contributed by atoms with Crippen molar-refractivity contribution in [2.75, 3.05) is 5.32 Å². The quantitative estimate of drug-likeness (QED) is 0.867. The molecule has 0 aromatic heterocycles. The van der Waals surface area contributed by atoms with Gasteiger partial charge in [0.1, 0.15) is 5.60 Å². The second-order valence-corrected chi connectivity index (χ2v) is 6.75. The van der Waals surface area contributed by atoms with E-state index < -0.39 is 11.7 Å². The second kappa shape index (κ2) is 6.53. The molecule has 1 aromatic carbocycles. The highest BCUT2D eigenvalue weighted by atomic mass is 16.6. The number of benzene rings is 1. The maximum absolute atomic E-state index is 11.7. The van der Waals surface area contributed by atoms with Crippen LogP contribution in [0.5, 0.6) is 0 Å². The third-order valence-electron chi connectivity index (χ3n) is 3.29. The van der Waals surface area contributed by atoms with Crippen molar-refractivity contribution in [3.05, 3.63) is 35.9 Å². The molecule has 2 atom stereocenters.